The van der Waals surface area contributed by atoms with E-state index in [1.807, 2.05) is 6.07 Å². The summed E-state index contributed by atoms with van der Waals surface area (Å²) in [5, 5.41) is 2.74. The zero-order valence-electron chi connectivity index (χ0n) is 13.9. The fraction of sp³-hybridized carbons (Fsp3) is 0.211. The van der Waals surface area contributed by atoms with Crippen molar-refractivity contribution < 1.29 is 14.4 Å². The van der Waals surface area contributed by atoms with Gasteiger partial charge in [-0.2, -0.15) is 0 Å². The summed E-state index contributed by atoms with van der Waals surface area (Å²) in [6, 6.07) is 14.1. The third-order valence-corrected chi connectivity index (χ3v) is 4.90. The highest BCUT2D eigenvalue weighted by molar-refractivity contribution is 9.10. The summed E-state index contributed by atoms with van der Waals surface area (Å²) >= 11 is 3.34. The Labute approximate surface area is 154 Å². The predicted octanol–water partition coefficient (Wildman–Crippen LogP) is 3.03. The van der Waals surface area contributed by atoms with Gasteiger partial charge in [-0.05, 0) is 18.2 Å². The summed E-state index contributed by atoms with van der Waals surface area (Å²) in [6.07, 6.45) is -0.131. The molecule has 0 saturated heterocycles. The van der Waals surface area contributed by atoms with E-state index in [9.17, 15) is 14.4 Å². The van der Waals surface area contributed by atoms with E-state index < -0.39 is 5.54 Å². The molecule has 2 amide bonds. The molecule has 0 aliphatic carbocycles. The number of hydrogen-bond acceptors (Lipinski definition) is 3. The molecule has 0 unspecified atom stereocenters. The average molecular weight is 401 g/mol. The van der Waals surface area contributed by atoms with Crippen molar-refractivity contribution in [3.05, 3.63) is 64.1 Å². The van der Waals surface area contributed by atoms with Crippen LogP contribution in [0.3, 0.4) is 0 Å². The number of amides is 2. The first kappa shape index (κ1) is 17.4. The van der Waals surface area contributed by atoms with Gasteiger partial charge in [0.25, 0.3) is 5.91 Å². The molecule has 0 aromatic heterocycles. The minimum Gasteiger partial charge on any atom is -0.338 e. The van der Waals surface area contributed by atoms with Gasteiger partial charge in [0, 0.05) is 41.7 Å². The molecule has 25 heavy (non-hydrogen) atoms. The fourth-order valence-corrected chi connectivity index (χ4v) is 3.52. The second kappa shape index (κ2) is 6.44. The lowest BCUT2D eigenvalue weighted by Crippen LogP contribution is -2.53. The normalized spacial score (nSPS) is 18.8. The molecule has 0 radical (unpaired) electrons. The van der Waals surface area contributed by atoms with Gasteiger partial charge in [-0.3, -0.25) is 14.4 Å². The van der Waals surface area contributed by atoms with E-state index in [1.54, 1.807) is 49.5 Å². The number of likely N-dealkylation sites (N-methyl/N-ethyl adjacent to an activating group) is 1. The Morgan fingerprint density at radius 1 is 1.12 bits per heavy atom. The molecule has 1 aliphatic heterocycles. The minimum atomic E-state index is -1.37. The molecule has 128 valence electrons. The number of rotatable bonds is 4. The molecule has 2 aromatic carbocycles. The van der Waals surface area contributed by atoms with E-state index in [4.69, 9.17) is 0 Å². The van der Waals surface area contributed by atoms with Crippen molar-refractivity contribution in [3.8, 4) is 0 Å². The van der Waals surface area contributed by atoms with E-state index in [2.05, 4.69) is 21.2 Å². The molecule has 0 fully saturated rings. The molecule has 0 spiro atoms. The van der Waals surface area contributed by atoms with Crippen molar-refractivity contribution in [3.63, 3.8) is 0 Å². The number of benzene rings is 2. The second-order valence-electron chi connectivity index (χ2n) is 6.07. The van der Waals surface area contributed by atoms with Crippen LogP contribution in [0.25, 0.3) is 0 Å². The first-order valence-corrected chi connectivity index (χ1v) is 8.59. The van der Waals surface area contributed by atoms with Gasteiger partial charge in [0.15, 0.2) is 11.3 Å². The molecule has 5 nitrogen and oxygen atoms in total. The minimum absolute atomic E-state index is 0.131. The van der Waals surface area contributed by atoms with Crippen LogP contribution in [0.4, 0.5) is 5.69 Å². The van der Waals surface area contributed by atoms with Crippen LogP contribution < -0.4 is 10.2 Å². The summed E-state index contributed by atoms with van der Waals surface area (Å²) in [7, 11) is 1.65. The highest BCUT2D eigenvalue weighted by Crippen LogP contribution is 2.42. The van der Waals surface area contributed by atoms with E-state index in [0.717, 1.165) is 4.47 Å². The monoisotopic (exact) mass is 400 g/mol. The van der Waals surface area contributed by atoms with Gasteiger partial charge in [-0.1, -0.05) is 46.3 Å². The van der Waals surface area contributed by atoms with Crippen molar-refractivity contribution in [2.24, 2.45) is 0 Å². The highest BCUT2D eigenvalue weighted by atomic mass is 79.9. The standard InChI is InChI=1S/C19H17BrN2O3/c1-12(23)21-19(11-17(24)13-7-9-14(20)10-8-13)15-5-3-4-6-16(15)22(2)18(19)25/h3-10H,11H2,1-2H3,(H,21,23)/t19-/m0/s1. The van der Waals surface area contributed by atoms with Gasteiger partial charge in [0.05, 0.1) is 0 Å². The number of Topliss-reactive ketones (excluding diaryl/α,β-unsaturated/α-hetero) is 1. The SMILES string of the molecule is CC(=O)N[C@]1(CC(=O)c2ccc(Br)cc2)C(=O)N(C)c2ccccc21. The summed E-state index contributed by atoms with van der Waals surface area (Å²) in [4.78, 5) is 39.1. The maximum Gasteiger partial charge on any atom is 0.257 e. The van der Waals surface area contributed by atoms with Crippen LogP contribution in [0.1, 0.15) is 29.3 Å². The summed E-state index contributed by atoms with van der Waals surface area (Å²) in [5.41, 5.74) is 0.460. The number of para-hydroxylation sites is 1. The summed E-state index contributed by atoms with van der Waals surface area (Å²) in [5.74, 6) is -0.879. The van der Waals surface area contributed by atoms with Crippen molar-refractivity contribution >= 4 is 39.2 Å². The zero-order valence-corrected chi connectivity index (χ0v) is 15.5. The van der Waals surface area contributed by atoms with Crippen LogP contribution in [0.5, 0.6) is 0 Å². The van der Waals surface area contributed by atoms with E-state index in [0.29, 0.717) is 16.8 Å². The summed E-state index contributed by atoms with van der Waals surface area (Å²) in [6.45, 7) is 1.35. The number of halogens is 1. The Kier molecular flexibility index (Phi) is 4.47. The van der Waals surface area contributed by atoms with Gasteiger partial charge < -0.3 is 10.2 Å². The molecule has 6 heteroatoms. The van der Waals surface area contributed by atoms with Crippen LogP contribution in [-0.4, -0.2) is 24.6 Å². The molecule has 1 aliphatic rings. The van der Waals surface area contributed by atoms with Crippen LogP contribution in [0, 0.1) is 0 Å². The number of fused-ring (bicyclic) bond motifs is 1. The topological polar surface area (TPSA) is 66.5 Å². The molecule has 2 aromatic rings. The van der Waals surface area contributed by atoms with Gasteiger partial charge in [-0.15, -0.1) is 0 Å². The number of hydrogen-bond donors (Lipinski definition) is 1. The number of nitrogens with zero attached hydrogens (tertiary/aromatic N) is 1. The van der Waals surface area contributed by atoms with Crippen molar-refractivity contribution in [2.75, 3.05) is 11.9 Å². The molecule has 1 N–H and O–H groups in total. The maximum absolute atomic E-state index is 13.0. The van der Waals surface area contributed by atoms with Crippen LogP contribution >= 0.6 is 15.9 Å². The number of anilines is 1. The van der Waals surface area contributed by atoms with Crippen LogP contribution in [0.15, 0.2) is 53.0 Å². The van der Waals surface area contributed by atoms with Gasteiger partial charge in [-0.25, -0.2) is 0 Å². The Bertz CT molecular complexity index is 863. The van der Waals surface area contributed by atoms with Gasteiger partial charge in [0.1, 0.15) is 0 Å². The quantitative estimate of drug-likeness (QED) is 0.801. The third-order valence-electron chi connectivity index (χ3n) is 4.38. The molecule has 3 rings (SSSR count). The number of nitrogens with one attached hydrogen (secondary N) is 1. The maximum atomic E-state index is 13.0. The molecule has 1 heterocycles. The Hall–Kier alpha value is -2.47. The lowest BCUT2D eigenvalue weighted by Gasteiger charge is -2.28. The molecular formula is C19H17BrN2O3. The van der Waals surface area contributed by atoms with E-state index in [-0.39, 0.29) is 24.0 Å². The van der Waals surface area contributed by atoms with Crippen LogP contribution in [-0.2, 0) is 15.1 Å². The van der Waals surface area contributed by atoms with Crippen molar-refractivity contribution in [2.45, 2.75) is 18.9 Å². The average Bonchev–Trinajstić information content (AvgIpc) is 2.78. The number of carbonyl (C=O) groups is 3. The van der Waals surface area contributed by atoms with Crippen LogP contribution in [0.2, 0.25) is 0 Å². The summed E-state index contributed by atoms with van der Waals surface area (Å²) < 4.78 is 0.864. The first-order valence-electron chi connectivity index (χ1n) is 7.80. The van der Waals surface area contributed by atoms with Gasteiger partial charge in [0.2, 0.25) is 5.91 Å². The molecule has 1 atom stereocenters. The Morgan fingerprint density at radius 2 is 1.76 bits per heavy atom. The lowest BCUT2D eigenvalue weighted by molar-refractivity contribution is -0.130. The smallest absolute Gasteiger partial charge is 0.257 e. The van der Waals surface area contributed by atoms with E-state index in [1.165, 1.54) is 11.8 Å². The zero-order chi connectivity index (χ0) is 18.2. The number of carbonyl (C=O) groups excluding carboxylic acids is 3. The van der Waals surface area contributed by atoms with Crippen molar-refractivity contribution in [1.29, 1.82) is 0 Å². The molecular weight excluding hydrogens is 384 g/mol. The second-order valence-corrected chi connectivity index (χ2v) is 6.99. The number of ketones is 1. The first-order chi connectivity index (χ1) is 11.8. The van der Waals surface area contributed by atoms with E-state index >= 15 is 0 Å². The fourth-order valence-electron chi connectivity index (χ4n) is 3.25. The largest absolute Gasteiger partial charge is 0.338 e. The molecule has 0 bridgehead atoms. The lowest BCUT2D eigenvalue weighted by atomic mass is 9.84. The van der Waals surface area contributed by atoms with Crippen molar-refractivity contribution in [1.82, 2.24) is 5.32 Å². The third kappa shape index (κ3) is 2.98. The molecule has 0 saturated carbocycles. The highest BCUT2D eigenvalue weighted by Gasteiger charge is 2.51. The Balaban J connectivity index is 2.06. The van der Waals surface area contributed by atoms with Gasteiger partial charge >= 0.3 is 0 Å². The predicted molar refractivity (Wildman–Crippen MR) is 98.4 cm³/mol. The Morgan fingerprint density at radius 3 is 2.40 bits per heavy atom.